The van der Waals surface area contributed by atoms with Crippen molar-refractivity contribution < 1.29 is 20.1 Å². The highest BCUT2D eigenvalue weighted by Crippen LogP contribution is 2.32. The molecule has 13 nitrogen and oxygen atoms in total. The Morgan fingerprint density at radius 2 is 2.29 bits per heavy atom. The van der Waals surface area contributed by atoms with Crippen molar-refractivity contribution in [3.63, 3.8) is 0 Å². The summed E-state index contributed by atoms with van der Waals surface area (Å²) in [7, 11) is 0. The molecule has 1 aliphatic heterocycles. The third kappa shape index (κ3) is 2.58. The minimum Gasteiger partial charge on any atom is -0.411 e. The molecule has 2 aromatic rings. The number of ether oxygens (including phenoxy) is 1. The topological polar surface area (TPSA) is 206 Å². The summed E-state index contributed by atoms with van der Waals surface area (Å²) in [6, 6.07) is 0. The van der Waals surface area contributed by atoms with Gasteiger partial charge < -0.3 is 36.7 Å². The van der Waals surface area contributed by atoms with E-state index in [0.717, 1.165) is 0 Å². The van der Waals surface area contributed by atoms with E-state index in [9.17, 15) is 20.1 Å². The van der Waals surface area contributed by atoms with Crippen LogP contribution in [0.3, 0.4) is 0 Å². The predicted molar refractivity (Wildman–Crippen MR) is 78.3 cm³/mol. The number of nitrogen functional groups attached to an aromatic ring is 1. The summed E-state index contributed by atoms with van der Waals surface area (Å²) in [5.74, 6) is -0.146. The number of rotatable bonds is 5. The van der Waals surface area contributed by atoms with Gasteiger partial charge >= 0.3 is 0 Å². The molecule has 2 aromatic heterocycles. The zero-order chi connectivity index (χ0) is 17.4. The van der Waals surface area contributed by atoms with E-state index in [-0.39, 0.29) is 23.7 Å². The Morgan fingerprint density at radius 3 is 3.00 bits per heavy atom. The highest BCUT2D eigenvalue weighted by atomic mass is 16.6. The maximum Gasteiger partial charge on any atom is 0.280 e. The monoisotopic (exact) mass is 339 g/mol. The van der Waals surface area contributed by atoms with Gasteiger partial charge in [0.15, 0.2) is 17.4 Å². The second-order valence-electron chi connectivity index (χ2n) is 5.28. The van der Waals surface area contributed by atoms with Gasteiger partial charge in [0.2, 0.25) is 5.95 Å². The molecule has 0 saturated carbocycles. The van der Waals surface area contributed by atoms with Crippen molar-refractivity contribution >= 4 is 17.1 Å². The second kappa shape index (κ2) is 6.12. The Kier molecular flexibility index (Phi) is 4.15. The Hall–Kier alpha value is -2.61. The summed E-state index contributed by atoms with van der Waals surface area (Å²) in [5.41, 5.74) is 15.4. The van der Waals surface area contributed by atoms with E-state index < -0.39 is 36.2 Å². The zero-order valence-corrected chi connectivity index (χ0v) is 12.1. The molecule has 5 unspecified atom stereocenters. The van der Waals surface area contributed by atoms with Crippen LogP contribution in [0.4, 0.5) is 5.95 Å². The molecule has 0 aromatic carbocycles. The fourth-order valence-electron chi connectivity index (χ4n) is 2.61. The summed E-state index contributed by atoms with van der Waals surface area (Å²) >= 11 is 0. The fourth-order valence-corrected chi connectivity index (χ4v) is 2.61. The third-order valence-corrected chi connectivity index (χ3v) is 3.75. The Balaban J connectivity index is 1.93. The normalized spacial score (nSPS) is 28.1. The molecule has 13 heteroatoms. The Bertz CT molecular complexity index is 805. The number of nitrogens with one attached hydrogen (secondary N) is 2. The van der Waals surface area contributed by atoms with E-state index in [0.29, 0.717) is 0 Å². The van der Waals surface area contributed by atoms with Gasteiger partial charge in [-0.3, -0.25) is 19.6 Å². The van der Waals surface area contributed by atoms with Crippen LogP contribution >= 0.6 is 0 Å². The average Bonchev–Trinajstić information content (AvgIpc) is 3.07. The summed E-state index contributed by atoms with van der Waals surface area (Å²) < 4.78 is 6.74. The van der Waals surface area contributed by atoms with Crippen LogP contribution in [0.1, 0.15) is 6.23 Å². The van der Waals surface area contributed by atoms with E-state index in [1.807, 2.05) is 0 Å². The smallest absolute Gasteiger partial charge is 0.280 e. The standard InChI is InChI=1S/C11H15N8O5/c12-11-16-8-4(9(23)17-11)14-2-19(8)10-6(22)5(21)7(24-10)3(20)1-15-18-13/h2-3,5-7,10,20-22H,1H2,(H4-,12,13,15,16,17,23)/q-1. The number of anilines is 1. The molecule has 1 fully saturated rings. The highest BCUT2D eigenvalue weighted by Gasteiger charge is 2.46. The number of nitrogens with two attached hydrogens (primary N) is 1. The molecule has 3 rings (SSSR count). The maximum absolute atomic E-state index is 11.8. The number of fused-ring (bicyclic) bond motifs is 1. The molecular weight excluding hydrogens is 324 g/mol. The minimum atomic E-state index is -1.43. The van der Waals surface area contributed by atoms with Crippen molar-refractivity contribution in [1.82, 2.24) is 24.9 Å². The quantitative estimate of drug-likeness (QED) is 0.245. The molecule has 0 aliphatic carbocycles. The van der Waals surface area contributed by atoms with Gasteiger partial charge in [-0.1, -0.05) is 0 Å². The molecule has 0 spiro atoms. The van der Waals surface area contributed by atoms with E-state index >= 15 is 0 Å². The second-order valence-corrected chi connectivity index (χ2v) is 5.28. The first-order valence-corrected chi connectivity index (χ1v) is 6.93. The Labute approximate surface area is 133 Å². The van der Waals surface area contributed by atoms with Gasteiger partial charge in [-0.25, -0.2) is 4.98 Å². The SMILES string of the molecule is [N-]=NNCC(O)C1OC(n2cnc3c(=O)[nH]c(N)nc32)C(O)C1O. The minimum absolute atomic E-state index is 0.0146. The number of aliphatic hydroxyl groups is 3. The fraction of sp³-hybridized carbons (Fsp3) is 0.545. The van der Waals surface area contributed by atoms with Gasteiger partial charge in [0.1, 0.15) is 18.3 Å². The highest BCUT2D eigenvalue weighted by molar-refractivity contribution is 5.70. The van der Waals surface area contributed by atoms with Crippen LogP contribution in [0.15, 0.2) is 16.3 Å². The maximum atomic E-state index is 11.8. The van der Waals surface area contributed by atoms with Crippen molar-refractivity contribution in [3.05, 3.63) is 22.2 Å². The van der Waals surface area contributed by atoms with E-state index in [1.165, 1.54) is 10.9 Å². The van der Waals surface area contributed by atoms with Gasteiger partial charge in [0.05, 0.1) is 12.4 Å². The van der Waals surface area contributed by atoms with Crippen LogP contribution in [0.2, 0.25) is 0 Å². The lowest BCUT2D eigenvalue weighted by molar-refractivity contribution is -0.0823. The lowest BCUT2D eigenvalue weighted by atomic mass is 10.1. The molecule has 3 heterocycles. The summed E-state index contributed by atoms with van der Waals surface area (Å²) in [6.45, 7) is -0.215. The molecule has 0 radical (unpaired) electrons. The zero-order valence-electron chi connectivity index (χ0n) is 12.1. The average molecular weight is 339 g/mol. The number of hydrogen-bond donors (Lipinski definition) is 6. The number of imidazole rings is 1. The lowest BCUT2D eigenvalue weighted by Gasteiger charge is -2.22. The number of H-pyrrole nitrogens is 1. The van der Waals surface area contributed by atoms with Gasteiger partial charge in [-0.2, -0.15) is 4.98 Å². The largest absolute Gasteiger partial charge is 0.411 e. The summed E-state index contributed by atoms with van der Waals surface area (Å²) in [6.07, 6.45) is -5.23. The van der Waals surface area contributed by atoms with Crippen LogP contribution < -0.4 is 16.7 Å². The molecule has 1 aliphatic rings. The van der Waals surface area contributed by atoms with Crippen molar-refractivity contribution in [2.75, 3.05) is 12.3 Å². The molecule has 24 heavy (non-hydrogen) atoms. The molecule has 1 saturated heterocycles. The van der Waals surface area contributed by atoms with Crippen molar-refractivity contribution in [2.45, 2.75) is 30.6 Å². The van der Waals surface area contributed by atoms with Crippen molar-refractivity contribution in [3.8, 4) is 0 Å². The Morgan fingerprint density at radius 1 is 1.54 bits per heavy atom. The van der Waals surface area contributed by atoms with E-state index in [1.54, 1.807) is 0 Å². The third-order valence-electron chi connectivity index (χ3n) is 3.75. The number of aromatic amines is 1. The van der Waals surface area contributed by atoms with E-state index in [2.05, 4.69) is 25.6 Å². The van der Waals surface area contributed by atoms with Gasteiger partial charge in [-0.15, -0.1) is 0 Å². The molecular formula is C11H15N8O5-. The van der Waals surface area contributed by atoms with Crippen LogP contribution in [-0.4, -0.2) is 65.8 Å². The number of aromatic nitrogens is 4. The van der Waals surface area contributed by atoms with E-state index in [4.69, 9.17) is 16.0 Å². The molecule has 7 N–H and O–H groups in total. The first-order chi connectivity index (χ1) is 11.4. The summed E-state index contributed by atoms with van der Waals surface area (Å²) in [5, 5.41) is 32.8. The van der Waals surface area contributed by atoms with Crippen molar-refractivity contribution in [1.29, 1.82) is 0 Å². The van der Waals surface area contributed by atoms with Gasteiger partial charge in [0, 0.05) is 0 Å². The van der Waals surface area contributed by atoms with Crippen LogP contribution in [0, 0.1) is 0 Å². The lowest BCUT2D eigenvalue weighted by Crippen LogP contribution is -2.42. The molecule has 5 atom stereocenters. The molecule has 130 valence electrons. The molecule has 0 bridgehead atoms. The summed E-state index contributed by atoms with van der Waals surface area (Å²) in [4.78, 5) is 21.9. The molecule has 0 amide bonds. The predicted octanol–water partition coefficient (Wildman–Crippen LogP) is -2.79. The van der Waals surface area contributed by atoms with Crippen LogP contribution in [-0.2, 0) is 4.74 Å². The first-order valence-electron chi connectivity index (χ1n) is 6.93. The van der Waals surface area contributed by atoms with Gasteiger partial charge in [-0.05, 0) is 6.54 Å². The van der Waals surface area contributed by atoms with Crippen LogP contribution in [0.5, 0.6) is 0 Å². The number of aliphatic hydroxyl groups excluding tert-OH is 3. The van der Waals surface area contributed by atoms with Crippen molar-refractivity contribution in [2.24, 2.45) is 5.22 Å². The number of hydrogen-bond acceptors (Lipinski definition) is 9. The van der Waals surface area contributed by atoms with Gasteiger partial charge in [0.25, 0.3) is 5.56 Å². The number of nitrogens with zero attached hydrogens (tertiary/aromatic N) is 5. The first kappa shape index (κ1) is 16.3. The van der Waals surface area contributed by atoms with Crippen LogP contribution in [0.25, 0.3) is 16.7 Å².